The Hall–Kier alpha value is -3.09. The zero-order chi connectivity index (χ0) is 25.0. The summed E-state index contributed by atoms with van der Waals surface area (Å²) >= 11 is 1.64. The molecule has 2 aromatic carbocycles. The first-order valence-corrected chi connectivity index (χ1v) is 13.6. The molecular weight excluding hydrogens is 468 g/mol. The number of thiophene rings is 1. The van der Waals surface area contributed by atoms with Gasteiger partial charge in [0.05, 0.1) is 20.1 Å². The van der Waals surface area contributed by atoms with Gasteiger partial charge in [-0.15, -0.1) is 0 Å². The number of benzene rings is 2. The predicted molar refractivity (Wildman–Crippen MR) is 146 cm³/mol. The van der Waals surface area contributed by atoms with Crippen LogP contribution in [-0.4, -0.2) is 44.7 Å². The standard InChI is InChI=1S/C30H34N2O3S/c1-34-25-17-22(18-26(19-25)35-2)20-31-29(33)27(24-9-16-36-21-24)8-13-32-14-11-30(12-15-32)10-7-23-5-3-4-6-28(23)30/h3-7,9-10,16-19,21,27H,8,11-15,20H2,1-2H3,(H,31,33)/t27-/m0/s1. The first-order valence-electron chi connectivity index (χ1n) is 12.6. The number of carbonyl (C=O) groups excluding carboxylic acids is 1. The highest BCUT2D eigenvalue weighted by atomic mass is 32.1. The zero-order valence-corrected chi connectivity index (χ0v) is 21.9. The zero-order valence-electron chi connectivity index (χ0n) is 21.0. The summed E-state index contributed by atoms with van der Waals surface area (Å²) in [5.74, 6) is 1.34. The minimum Gasteiger partial charge on any atom is -0.497 e. The topological polar surface area (TPSA) is 50.8 Å². The minimum absolute atomic E-state index is 0.0660. The number of methoxy groups -OCH3 is 2. The van der Waals surface area contributed by atoms with E-state index in [1.54, 1.807) is 25.6 Å². The Morgan fingerprint density at radius 3 is 2.53 bits per heavy atom. The van der Waals surface area contributed by atoms with Gasteiger partial charge in [-0.05, 0) is 90.1 Å². The average Bonchev–Trinajstić information content (AvgIpc) is 3.58. The van der Waals surface area contributed by atoms with Gasteiger partial charge in [0.15, 0.2) is 0 Å². The van der Waals surface area contributed by atoms with Gasteiger partial charge in [-0.25, -0.2) is 0 Å². The van der Waals surface area contributed by atoms with Crippen LogP contribution in [0.25, 0.3) is 6.08 Å². The molecule has 2 aliphatic rings. The van der Waals surface area contributed by atoms with Gasteiger partial charge < -0.3 is 19.7 Å². The molecule has 2 heterocycles. The van der Waals surface area contributed by atoms with Crippen molar-refractivity contribution in [1.82, 2.24) is 10.2 Å². The van der Waals surface area contributed by atoms with Crippen LogP contribution in [0.2, 0.25) is 0 Å². The molecule has 5 rings (SSSR count). The summed E-state index contributed by atoms with van der Waals surface area (Å²) in [6.45, 7) is 3.47. The van der Waals surface area contributed by atoms with Crippen molar-refractivity contribution in [2.75, 3.05) is 33.9 Å². The van der Waals surface area contributed by atoms with Gasteiger partial charge in [0.25, 0.3) is 0 Å². The van der Waals surface area contributed by atoms with Gasteiger partial charge in [0.1, 0.15) is 11.5 Å². The number of hydrogen-bond acceptors (Lipinski definition) is 5. The van der Waals surface area contributed by atoms with Crippen LogP contribution in [0.5, 0.6) is 11.5 Å². The minimum atomic E-state index is -0.160. The van der Waals surface area contributed by atoms with Gasteiger partial charge in [-0.2, -0.15) is 11.3 Å². The highest BCUT2D eigenvalue weighted by Crippen LogP contribution is 2.43. The number of nitrogens with one attached hydrogen (secondary N) is 1. The molecule has 1 aliphatic heterocycles. The molecule has 1 spiro atoms. The molecule has 1 fully saturated rings. The number of likely N-dealkylation sites (tertiary alicyclic amines) is 1. The van der Waals surface area contributed by atoms with Gasteiger partial charge in [-0.1, -0.05) is 36.4 Å². The van der Waals surface area contributed by atoms with E-state index in [-0.39, 0.29) is 17.2 Å². The molecule has 0 saturated carbocycles. The molecule has 1 saturated heterocycles. The number of rotatable bonds is 9. The molecule has 36 heavy (non-hydrogen) atoms. The summed E-state index contributed by atoms with van der Waals surface area (Å²) in [6, 6.07) is 16.6. The van der Waals surface area contributed by atoms with Crippen molar-refractivity contribution in [1.29, 1.82) is 0 Å². The third kappa shape index (κ3) is 5.20. The number of allylic oxidation sites excluding steroid dienone is 1. The highest BCUT2D eigenvalue weighted by molar-refractivity contribution is 7.08. The van der Waals surface area contributed by atoms with Gasteiger partial charge in [-0.3, -0.25) is 4.79 Å². The number of amides is 1. The molecule has 5 nitrogen and oxygen atoms in total. The number of ether oxygens (including phenoxy) is 2. The van der Waals surface area contributed by atoms with E-state index in [4.69, 9.17) is 9.47 Å². The molecule has 0 unspecified atom stereocenters. The summed E-state index contributed by atoms with van der Waals surface area (Å²) in [7, 11) is 3.27. The molecule has 6 heteroatoms. The molecule has 0 bridgehead atoms. The molecule has 188 valence electrons. The molecular formula is C30H34N2O3S. The van der Waals surface area contributed by atoms with E-state index in [9.17, 15) is 4.79 Å². The normalized spacial score (nSPS) is 17.1. The quantitative estimate of drug-likeness (QED) is 0.413. The van der Waals surface area contributed by atoms with E-state index in [1.165, 1.54) is 11.1 Å². The van der Waals surface area contributed by atoms with Crippen LogP contribution >= 0.6 is 11.3 Å². The Kier molecular flexibility index (Phi) is 7.44. The Morgan fingerprint density at radius 2 is 1.83 bits per heavy atom. The van der Waals surface area contributed by atoms with Crippen molar-refractivity contribution in [3.8, 4) is 11.5 Å². The van der Waals surface area contributed by atoms with E-state index in [0.29, 0.717) is 6.54 Å². The predicted octanol–water partition coefficient (Wildman–Crippen LogP) is 5.62. The van der Waals surface area contributed by atoms with E-state index in [0.717, 1.165) is 61.5 Å². The molecule has 1 aromatic heterocycles. The second-order valence-corrected chi connectivity index (χ2v) is 10.5. The summed E-state index contributed by atoms with van der Waals surface area (Å²) in [4.78, 5) is 15.9. The van der Waals surface area contributed by atoms with Crippen molar-refractivity contribution >= 4 is 23.3 Å². The van der Waals surface area contributed by atoms with Crippen molar-refractivity contribution in [3.63, 3.8) is 0 Å². The van der Waals surface area contributed by atoms with Crippen molar-refractivity contribution < 1.29 is 14.3 Å². The van der Waals surface area contributed by atoms with E-state index >= 15 is 0 Å². The molecule has 1 atom stereocenters. The summed E-state index contributed by atoms with van der Waals surface area (Å²) < 4.78 is 10.7. The fourth-order valence-electron chi connectivity index (χ4n) is 5.56. The third-order valence-electron chi connectivity index (χ3n) is 7.70. The van der Waals surface area contributed by atoms with Crippen LogP contribution in [0.3, 0.4) is 0 Å². The Balaban J connectivity index is 1.19. The number of carbonyl (C=O) groups is 1. The van der Waals surface area contributed by atoms with E-state index in [1.807, 2.05) is 18.2 Å². The lowest BCUT2D eigenvalue weighted by Crippen LogP contribution is -2.42. The van der Waals surface area contributed by atoms with Crippen LogP contribution in [0.1, 0.15) is 47.4 Å². The van der Waals surface area contributed by atoms with Crippen LogP contribution in [0.4, 0.5) is 0 Å². The Labute approximate surface area is 217 Å². The molecule has 1 aliphatic carbocycles. The lowest BCUT2D eigenvalue weighted by Gasteiger charge is -2.39. The van der Waals surface area contributed by atoms with E-state index < -0.39 is 0 Å². The maximum atomic E-state index is 13.3. The third-order valence-corrected chi connectivity index (χ3v) is 8.40. The maximum absolute atomic E-state index is 13.3. The molecule has 3 aromatic rings. The van der Waals surface area contributed by atoms with Crippen LogP contribution < -0.4 is 14.8 Å². The number of hydrogen-bond donors (Lipinski definition) is 1. The second kappa shape index (κ2) is 10.9. The van der Waals surface area contributed by atoms with Crippen molar-refractivity contribution in [2.45, 2.75) is 37.1 Å². The van der Waals surface area contributed by atoms with Crippen LogP contribution in [0, 0.1) is 0 Å². The maximum Gasteiger partial charge on any atom is 0.227 e. The van der Waals surface area contributed by atoms with Crippen molar-refractivity contribution in [2.24, 2.45) is 0 Å². The number of piperidine rings is 1. The Bertz CT molecular complexity index is 1190. The summed E-state index contributed by atoms with van der Waals surface area (Å²) in [5.41, 5.74) is 5.09. The number of nitrogens with zero attached hydrogens (tertiary/aromatic N) is 1. The van der Waals surface area contributed by atoms with Gasteiger partial charge in [0.2, 0.25) is 5.91 Å². The molecule has 1 amide bonds. The lowest BCUT2D eigenvalue weighted by atomic mass is 9.74. The molecule has 1 N–H and O–H groups in total. The lowest BCUT2D eigenvalue weighted by molar-refractivity contribution is -0.123. The summed E-state index contributed by atoms with van der Waals surface area (Å²) in [5, 5.41) is 7.31. The summed E-state index contributed by atoms with van der Waals surface area (Å²) in [6.07, 6.45) is 7.79. The smallest absolute Gasteiger partial charge is 0.227 e. The van der Waals surface area contributed by atoms with Gasteiger partial charge >= 0.3 is 0 Å². The first kappa shape index (κ1) is 24.6. The van der Waals surface area contributed by atoms with Crippen LogP contribution in [0.15, 0.2) is 65.4 Å². The fourth-order valence-corrected chi connectivity index (χ4v) is 6.28. The average molecular weight is 503 g/mol. The SMILES string of the molecule is COc1cc(CNC(=O)[C@@H](CCN2CCC3(C=Cc4ccccc43)CC2)c2ccsc2)cc(OC)c1. The second-order valence-electron chi connectivity index (χ2n) is 9.76. The Morgan fingerprint density at radius 1 is 1.08 bits per heavy atom. The van der Waals surface area contributed by atoms with E-state index in [2.05, 4.69) is 63.5 Å². The molecule has 0 radical (unpaired) electrons. The largest absolute Gasteiger partial charge is 0.497 e. The van der Waals surface area contributed by atoms with Crippen LogP contribution in [-0.2, 0) is 16.8 Å². The fraction of sp³-hybridized carbons (Fsp3) is 0.367. The highest BCUT2D eigenvalue weighted by Gasteiger charge is 2.37. The number of fused-ring (bicyclic) bond motifs is 2. The van der Waals surface area contributed by atoms with Gasteiger partial charge in [0, 0.05) is 18.0 Å². The monoisotopic (exact) mass is 502 g/mol. The van der Waals surface area contributed by atoms with Crippen molar-refractivity contribution in [3.05, 3.63) is 87.6 Å². The first-order chi connectivity index (χ1) is 17.6.